The molecule has 0 amide bonds. The Bertz CT molecular complexity index is 314. The molecule has 1 rings (SSSR count). The van der Waals surface area contributed by atoms with Crippen molar-refractivity contribution in [3.63, 3.8) is 0 Å². The van der Waals surface area contributed by atoms with E-state index in [4.69, 9.17) is 5.11 Å². The van der Waals surface area contributed by atoms with Crippen LogP contribution in [0.1, 0.15) is 10.4 Å². The number of alkyl halides is 2. The summed E-state index contributed by atoms with van der Waals surface area (Å²) in [5, 5.41) is 12.2. The zero-order valence-electron chi connectivity index (χ0n) is 7.06. The second-order valence-electron chi connectivity index (χ2n) is 2.43. The number of carbonyl (C=O) groups is 1. The van der Waals surface area contributed by atoms with E-state index in [0.29, 0.717) is 0 Å². The monoisotopic (exact) mass is 206 g/mol. The summed E-state index contributed by atoms with van der Waals surface area (Å²) in [5.74, 6) is -1.11. The van der Waals surface area contributed by atoms with Gasteiger partial charge in [0, 0.05) is 6.20 Å². The fourth-order valence-corrected chi connectivity index (χ4v) is 0.832. The van der Waals surface area contributed by atoms with Gasteiger partial charge in [-0.25, -0.2) is 4.79 Å². The second kappa shape index (κ2) is 4.66. The molecule has 0 aliphatic rings. The quantitative estimate of drug-likeness (QED) is 0.774. The van der Waals surface area contributed by atoms with Crippen LogP contribution in [0.5, 0.6) is 0 Å². The van der Waals surface area contributed by atoms with Gasteiger partial charge in [-0.15, -0.1) is 0 Å². The lowest BCUT2D eigenvalue weighted by atomic mass is 10.4. The molecule has 7 heteroatoms. The molecule has 0 saturated heterocycles. The number of aromatic nitrogens is 2. The third kappa shape index (κ3) is 3.09. The minimum Gasteiger partial charge on any atom is -0.478 e. The van der Waals surface area contributed by atoms with E-state index >= 15 is 0 Å². The normalized spacial score (nSPS) is 10.8. The number of hydrogen-bond acceptors (Lipinski definition) is 3. The zero-order chi connectivity index (χ0) is 10.6. The molecule has 1 aromatic heterocycles. The molecule has 0 spiro atoms. The van der Waals surface area contributed by atoms with Crippen LogP contribution in [0, 0.1) is 0 Å². The topological polar surface area (TPSA) is 64.3 Å². The third-order valence-electron chi connectivity index (χ3n) is 1.44. The molecule has 1 heterocycles. The SMILES string of the molecule is O=C(O)c1cnn(CCOC(F)F)c1. The molecule has 1 N–H and O–H groups in total. The Kier molecular flexibility index (Phi) is 3.52. The fourth-order valence-electron chi connectivity index (χ4n) is 0.832. The molecule has 0 atom stereocenters. The van der Waals surface area contributed by atoms with Crippen molar-refractivity contribution in [1.29, 1.82) is 0 Å². The molecule has 0 radical (unpaired) electrons. The minimum atomic E-state index is -2.82. The molecule has 0 fully saturated rings. The standard InChI is InChI=1S/C7H8F2N2O3/c8-7(9)14-2-1-11-4-5(3-10-11)6(12)13/h3-4,7H,1-2H2,(H,12,13). The number of ether oxygens (including phenoxy) is 1. The number of hydrogen-bond donors (Lipinski definition) is 1. The van der Waals surface area contributed by atoms with Crippen LogP contribution in [0.2, 0.25) is 0 Å². The Morgan fingerprint density at radius 2 is 2.43 bits per heavy atom. The largest absolute Gasteiger partial charge is 0.478 e. The average Bonchev–Trinajstić information content (AvgIpc) is 2.52. The maximum absolute atomic E-state index is 11.5. The van der Waals surface area contributed by atoms with Crippen LogP contribution in [-0.2, 0) is 11.3 Å². The molecule has 1 aromatic rings. The molecule has 78 valence electrons. The summed E-state index contributed by atoms with van der Waals surface area (Å²) in [4.78, 5) is 10.4. The minimum absolute atomic E-state index is 0.0158. The van der Waals surface area contributed by atoms with E-state index in [9.17, 15) is 13.6 Å². The van der Waals surface area contributed by atoms with Gasteiger partial charge in [-0.1, -0.05) is 0 Å². The molecular formula is C7H8F2N2O3. The number of nitrogens with zero attached hydrogens (tertiary/aromatic N) is 2. The summed E-state index contributed by atoms with van der Waals surface area (Å²) in [6, 6.07) is 0. The van der Waals surface area contributed by atoms with E-state index in [1.54, 1.807) is 0 Å². The van der Waals surface area contributed by atoms with Crippen LogP contribution in [-0.4, -0.2) is 34.1 Å². The third-order valence-corrected chi connectivity index (χ3v) is 1.44. The van der Waals surface area contributed by atoms with Crippen molar-refractivity contribution < 1.29 is 23.4 Å². The van der Waals surface area contributed by atoms with Gasteiger partial charge in [0.1, 0.15) is 0 Å². The maximum Gasteiger partial charge on any atom is 0.345 e. The van der Waals surface area contributed by atoms with E-state index < -0.39 is 12.6 Å². The predicted molar refractivity (Wildman–Crippen MR) is 41.1 cm³/mol. The fraction of sp³-hybridized carbons (Fsp3) is 0.429. The Labute approximate surface area is 77.9 Å². The van der Waals surface area contributed by atoms with Crippen molar-refractivity contribution in [2.45, 2.75) is 13.2 Å². The second-order valence-corrected chi connectivity index (χ2v) is 2.43. The molecule has 0 aromatic carbocycles. The summed E-state index contributed by atoms with van der Waals surface area (Å²) in [5.41, 5.74) is 0.0158. The summed E-state index contributed by atoms with van der Waals surface area (Å²) in [6.45, 7) is -2.93. The predicted octanol–water partition coefficient (Wildman–Crippen LogP) is 0.821. The molecule has 0 saturated carbocycles. The maximum atomic E-state index is 11.5. The molecule has 0 bridgehead atoms. The van der Waals surface area contributed by atoms with Crippen LogP contribution in [0.3, 0.4) is 0 Å². The Morgan fingerprint density at radius 3 is 2.93 bits per heavy atom. The Hall–Kier alpha value is -1.50. The molecular weight excluding hydrogens is 198 g/mol. The number of carboxylic acid groups (broad SMARTS) is 1. The molecule has 0 unspecified atom stereocenters. The molecule has 5 nitrogen and oxygen atoms in total. The highest BCUT2D eigenvalue weighted by Crippen LogP contribution is 1.99. The van der Waals surface area contributed by atoms with Crippen molar-refractivity contribution in [2.24, 2.45) is 0 Å². The number of rotatable bonds is 5. The highest BCUT2D eigenvalue weighted by atomic mass is 19.3. The first-order valence-corrected chi connectivity index (χ1v) is 3.75. The Balaban J connectivity index is 2.40. The van der Waals surface area contributed by atoms with E-state index in [2.05, 4.69) is 9.84 Å². The van der Waals surface area contributed by atoms with E-state index in [-0.39, 0.29) is 18.7 Å². The van der Waals surface area contributed by atoms with Gasteiger partial charge in [0.15, 0.2) is 0 Å². The first-order chi connectivity index (χ1) is 6.59. The van der Waals surface area contributed by atoms with Gasteiger partial charge in [-0.05, 0) is 0 Å². The summed E-state index contributed by atoms with van der Waals surface area (Å²) in [6.07, 6.45) is 2.39. The van der Waals surface area contributed by atoms with Gasteiger partial charge in [0.05, 0.1) is 24.9 Å². The number of aromatic carboxylic acids is 1. The Morgan fingerprint density at radius 1 is 1.71 bits per heavy atom. The van der Waals surface area contributed by atoms with Gasteiger partial charge in [-0.2, -0.15) is 13.9 Å². The lowest BCUT2D eigenvalue weighted by Gasteiger charge is -2.01. The van der Waals surface area contributed by atoms with Crippen molar-refractivity contribution in [3.8, 4) is 0 Å². The van der Waals surface area contributed by atoms with Gasteiger partial charge < -0.3 is 9.84 Å². The summed E-state index contributed by atoms with van der Waals surface area (Å²) in [7, 11) is 0. The lowest BCUT2D eigenvalue weighted by molar-refractivity contribution is -0.130. The van der Waals surface area contributed by atoms with E-state index in [1.807, 2.05) is 0 Å². The van der Waals surface area contributed by atoms with Gasteiger partial charge in [0.2, 0.25) is 0 Å². The van der Waals surface area contributed by atoms with Crippen LogP contribution in [0.4, 0.5) is 8.78 Å². The first kappa shape index (κ1) is 10.6. The number of carboxylic acids is 1. The summed E-state index contributed by atoms with van der Waals surface area (Å²) < 4.78 is 28.3. The van der Waals surface area contributed by atoms with Gasteiger partial charge >= 0.3 is 12.6 Å². The highest BCUT2D eigenvalue weighted by Gasteiger charge is 2.06. The molecule has 14 heavy (non-hydrogen) atoms. The average molecular weight is 206 g/mol. The van der Waals surface area contributed by atoms with Crippen molar-refractivity contribution in [2.75, 3.05) is 6.61 Å². The van der Waals surface area contributed by atoms with Gasteiger partial charge in [-0.3, -0.25) is 4.68 Å². The van der Waals surface area contributed by atoms with E-state index in [1.165, 1.54) is 10.9 Å². The van der Waals surface area contributed by atoms with Crippen LogP contribution in [0.15, 0.2) is 12.4 Å². The molecule has 0 aliphatic heterocycles. The smallest absolute Gasteiger partial charge is 0.345 e. The van der Waals surface area contributed by atoms with Crippen LogP contribution in [0.25, 0.3) is 0 Å². The first-order valence-electron chi connectivity index (χ1n) is 3.75. The summed E-state index contributed by atoms with van der Waals surface area (Å²) >= 11 is 0. The van der Waals surface area contributed by atoms with Crippen molar-refractivity contribution >= 4 is 5.97 Å². The van der Waals surface area contributed by atoms with Crippen molar-refractivity contribution in [1.82, 2.24) is 9.78 Å². The number of halogens is 2. The van der Waals surface area contributed by atoms with E-state index in [0.717, 1.165) is 6.20 Å². The van der Waals surface area contributed by atoms with Crippen LogP contribution < -0.4 is 0 Å². The zero-order valence-corrected chi connectivity index (χ0v) is 7.06. The lowest BCUT2D eigenvalue weighted by Crippen LogP contribution is -2.09. The molecule has 0 aliphatic carbocycles. The highest BCUT2D eigenvalue weighted by molar-refractivity contribution is 5.86. The van der Waals surface area contributed by atoms with Crippen LogP contribution >= 0.6 is 0 Å². The van der Waals surface area contributed by atoms with Gasteiger partial charge in [0.25, 0.3) is 0 Å². The van der Waals surface area contributed by atoms with Crippen molar-refractivity contribution in [3.05, 3.63) is 18.0 Å².